The molecule has 4 nitrogen and oxygen atoms in total. The predicted molar refractivity (Wildman–Crippen MR) is 84.1 cm³/mol. The van der Waals surface area contributed by atoms with Crippen LogP contribution in [0.1, 0.15) is 29.8 Å². The van der Waals surface area contributed by atoms with Gasteiger partial charge in [-0.1, -0.05) is 24.3 Å². The van der Waals surface area contributed by atoms with Gasteiger partial charge in [-0.3, -0.25) is 0 Å². The Bertz CT molecular complexity index is 647. The number of ether oxygens (including phenoxy) is 1. The van der Waals surface area contributed by atoms with Gasteiger partial charge in [0.05, 0.1) is 18.0 Å². The van der Waals surface area contributed by atoms with Gasteiger partial charge in [0, 0.05) is 11.8 Å². The van der Waals surface area contributed by atoms with Crippen molar-refractivity contribution >= 4 is 17.5 Å². The maximum absolute atomic E-state index is 6.48. The third-order valence-corrected chi connectivity index (χ3v) is 3.98. The number of anilines is 1. The topological polar surface area (TPSA) is 47.0 Å². The fourth-order valence-electron chi connectivity index (χ4n) is 2.68. The number of benzene rings is 1. The number of rotatable bonds is 4. The van der Waals surface area contributed by atoms with Crippen molar-refractivity contribution in [1.29, 1.82) is 0 Å². The molecule has 21 heavy (non-hydrogen) atoms. The minimum Gasteiger partial charge on any atom is -0.478 e. The Hall–Kier alpha value is -1.81. The molecule has 0 amide bonds. The quantitative estimate of drug-likeness (QED) is 0.878. The van der Waals surface area contributed by atoms with E-state index >= 15 is 0 Å². The normalized spacial score (nSPS) is 20.1. The highest BCUT2D eigenvalue weighted by Gasteiger charge is 2.31. The van der Waals surface area contributed by atoms with Gasteiger partial charge in [-0.15, -0.1) is 11.6 Å². The first-order valence-electron chi connectivity index (χ1n) is 7.14. The van der Waals surface area contributed by atoms with E-state index in [2.05, 4.69) is 27.4 Å². The summed E-state index contributed by atoms with van der Waals surface area (Å²) in [6.07, 6.45) is 0.861. The highest BCUT2D eigenvalue weighted by Crippen LogP contribution is 2.36. The van der Waals surface area contributed by atoms with Crippen LogP contribution in [-0.2, 0) is 6.42 Å². The van der Waals surface area contributed by atoms with Crippen molar-refractivity contribution in [1.82, 2.24) is 9.97 Å². The summed E-state index contributed by atoms with van der Waals surface area (Å²) in [4.78, 5) is 8.82. The van der Waals surface area contributed by atoms with E-state index in [0.717, 1.165) is 12.1 Å². The van der Waals surface area contributed by atoms with Crippen molar-refractivity contribution in [3.05, 3.63) is 47.2 Å². The molecule has 0 aliphatic heterocycles. The molecule has 2 unspecified atom stereocenters. The molecule has 0 fully saturated rings. The largest absolute Gasteiger partial charge is 0.478 e. The molecule has 1 aliphatic carbocycles. The molecule has 110 valence electrons. The van der Waals surface area contributed by atoms with Gasteiger partial charge >= 0.3 is 0 Å². The Morgan fingerprint density at radius 3 is 2.95 bits per heavy atom. The van der Waals surface area contributed by atoms with Crippen LogP contribution >= 0.6 is 11.6 Å². The number of alkyl halides is 1. The van der Waals surface area contributed by atoms with Crippen molar-refractivity contribution in [2.75, 3.05) is 11.9 Å². The molecule has 1 aromatic heterocycles. The Kier molecular flexibility index (Phi) is 3.97. The average Bonchev–Trinajstić information content (AvgIpc) is 2.75. The van der Waals surface area contributed by atoms with E-state index in [9.17, 15) is 0 Å². The molecule has 1 aliphatic rings. The molecular weight excluding hydrogens is 286 g/mol. The smallest absolute Gasteiger partial charge is 0.226 e. The third-order valence-electron chi connectivity index (χ3n) is 3.57. The van der Waals surface area contributed by atoms with E-state index in [1.807, 2.05) is 32.0 Å². The number of hydrogen-bond acceptors (Lipinski definition) is 4. The van der Waals surface area contributed by atoms with Crippen LogP contribution in [0.25, 0.3) is 0 Å². The lowest BCUT2D eigenvalue weighted by molar-refractivity contribution is 0.326. The minimum absolute atomic E-state index is 0.00190. The van der Waals surface area contributed by atoms with Crippen LogP contribution in [0.15, 0.2) is 30.3 Å². The summed E-state index contributed by atoms with van der Waals surface area (Å²) in [6.45, 7) is 4.45. The van der Waals surface area contributed by atoms with Crippen molar-refractivity contribution in [3.8, 4) is 5.88 Å². The summed E-state index contributed by atoms with van der Waals surface area (Å²) in [5.74, 6) is 1.15. The average molecular weight is 304 g/mol. The summed E-state index contributed by atoms with van der Waals surface area (Å²) in [5, 5.41) is 3.35. The van der Waals surface area contributed by atoms with Crippen molar-refractivity contribution in [3.63, 3.8) is 0 Å². The van der Waals surface area contributed by atoms with Crippen LogP contribution in [0.3, 0.4) is 0 Å². The molecule has 0 saturated heterocycles. The van der Waals surface area contributed by atoms with Gasteiger partial charge in [-0.2, -0.15) is 4.98 Å². The highest BCUT2D eigenvalue weighted by atomic mass is 35.5. The third kappa shape index (κ3) is 2.95. The van der Waals surface area contributed by atoms with Crippen LogP contribution in [-0.4, -0.2) is 22.0 Å². The maximum Gasteiger partial charge on any atom is 0.226 e. The number of hydrogen-bond donors (Lipinski definition) is 1. The lowest BCUT2D eigenvalue weighted by Crippen LogP contribution is -2.18. The second kappa shape index (κ2) is 5.90. The molecule has 2 aromatic rings. The van der Waals surface area contributed by atoms with Gasteiger partial charge in [0.15, 0.2) is 0 Å². The highest BCUT2D eigenvalue weighted by molar-refractivity contribution is 6.21. The second-order valence-electron chi connectivity index (χ2n) is 5.15. The zero-order valence-electron chi connectivity index (χ0n) is 12.1. The first kappa shape index (κ1) is 14.1. The molecular formula is C16H18ClN3O. The Labute approximate surface area is 129 Å². The van der Waals surface area contributed by atoms with Gasteiger partial charge < -0.3 is 10.1 Å². The first-order chi connectivity index (χ1) is 10.2. The molecule has 2 atom stereocenters. The van der Waals surface area contributed by atoms with Crippen LogP contribution in [0.4, 0.5) is 5.95 Å². The summed E-state index contributed by atoms with van der Waals surface area (Å²) < 4.78 is 5.46. The molecule has 5 heteroatoms. The number of aromatic nitrogens is 2. The zero-order chi connectivity index (χ0) is 14.8. The molecule has 0 radical (unpaired) electrons. The molecule has 1 heterocycles. The van der Waals surface area contributed by atoms with Crippen LogP contribution < -0.4 is 10.1 Å². The molecule has 0 bridgehead atoms. The van der Waals surface area contributed by atoms with Gasteiger partial charge in [0.1, 0.15) is 0 Å². The number of aryl methyl sites for hydroxylation is 1. The zero-order valence-corrected chi connectivity index (χ0v) is 12.9. The van der Waals surface area contributed by atoms with Crippen LogP contribution in [0.2, 0.25) is 0 Å². The van der Waals surface area contributed by atoms with Crippen molar-refractivity contribution < 1.29 is 4.74 Å². The minimum atomic E-state index is 0.00190. The lowest BCUT2D eigenvalue weighted by atomic mass is 10.1. The van der Waals surface area contributed by atoms with Crippen LogP contribution in [0, 0.1) is 6.92 Å². The van der Waals surface area contributed by atoms with Crippen molar-refractivity contribution in [2.45, 2.75) is 31.7 Å². The monoisotopic (exact) mass is 303 g/mol. The Balaban J connectivity index is 1.87. The van der Waals surface area contributed by atoms with E-state index in [-0.39, 0.29) is 11.4 Å². The van der Waals surface area contributed by atoms with Gasteiger partial charge in [-0.25, -0.2) is 4.98 Å². The van der Waals surface area contributed by atoms with Crippen LogP contribution in [0.5, 0.6) is 5.88 Å². The van der Waals surface area contributed by atoms with Gasteiger partial charge in [-0.05, 0) is 31.4 Å². The van der Waals surface area contributed by atoms with Gasteiger partial charge in [0.2, 0.25) is 11.8 Å². The van der Waals surface area contributed by atoms with E-state index < -0.39 is 0 Å². The number of fused-ring (bicyclic) bond motifs is 1. The number of halogens is 1. The van der Waals surface area contributed by atoms with E-state index in [0.29, 0.717) is 18.4 Å². The van der Waals surface area contributed by atoms with E-state index in [1.54, 1.807) is 0 Å². The summed E-state index contributed by atoms with van der Waals surface area (Å²) in [6, 6.07) is 10.2. The number of nitrogens with zero attached hydrogens (tertiary/aromatic N) is 2. The lowest BCUT2D eigenvalue weighted by Gasteiger charge is -2.18. The fourth-order valence-corrected chi connectivity index (χ4v) is 3.04. The van der Waals surface area contributed by atoms with E-state index in [1.165, 1.54) is 11.1 Å². The standard InChI is InChI=1S/C16H18ClN3O/c1-3-21-14-8-10(2)18-16(19-14)20-15-12-7-5-4-6-11(12)9-13(15)17/h4-8,13,15H,3,9H2,1-2H3,(H,18,19,20). The summed E-state index contributed by atoms with van der Waals surface area (Å²) >= 11 is 6.48. The molecule has 0 saturated carbocycles. The fraction of sp³-hybridized carbons (Fsp3) is 0.375. The molecule has 3 rings (SSSR count). The SMILES string of the molecule is CCOc1cc(C)nc(NC2c3ccccc3CC2Cl)n1. The number of nitrogens with one attached hydrogen (secondary N) is 1. The summed E-state index contributed by atoms with van der Waals surface area (Å²) in [5.41, 5.74) is 3.38. The summed E-state index contributed by atoms with van der Waals surface area (Å²) in [7, 11) is 0. The molecule has 0 spiro atoms. The Morgan fingerprint density at radius 1 is 1.33 bits per heavy atom. The first-order valence-corrected chi connectivity index (χ1v) is 7.58. The molecule has 1 aromatic carbocycles. The van der Waals surface area contributed by atoms with E-state index in [4.69, 9.17) is 16.3 Å². The second-order valence-corrected chi connectivity index (χ2v) is 5.71. The Morgan fingerprint density at radius 2 is 2.14 bits per heavy atom. The van der Waals surface area contributed by atoms with Crippen molar-refractivity contribution in [2.24, 2.45) is 0 Å². The maximum atomic E-state index is 6.48. The van der Waals surface area contributed by atoms with Gasteiger partial charge in [0.25, 0.3) is 0 Å². The molecule has 1 N–H and O–H groups in total. The predicted octanol–water partition coefficient (Wildman–Crippen LogP) is 3.50.